The van der Waals surface area contributed by atoms with Crippen LogP contribution in [0.3, 0.4) is 0 Å². The molecule has 2 saturated heterocycles. The van der Waals surface area contributed by atoms with Gasteiger partial charge in [-0.25, -0.2) is 4.79 Å². The predicted octanol–water partition coefficient (Wildman–Crippen LogP) is 6.36. The molecule has 0 aromatic heterocycles. The van der Waals surface area contributed by atoms with Gasteiger partial charge in [-0.05, 0) is 76.0 Å². The molecular weight excluding hydrogens is 583 g/mol. The highest BCUT2D eigenvalue weighted by molar-refractivity contribution is 14.1. The van der Waals surface area contributed by atoms with E-state index >= 15 is 0 Å². The number of esters is 1. The third-order valence-corrected chi connectivity index (χ3v) is 11.0. The van der Waals surface area contributed by atoms with Crippen LogP contribution in [0.25, 0.3) is 0 Å². The first-order valence-electron chi connectivity index (χ1n) is 14.9. The fourth-order valence-corrected chi connectivity index (χ4v) is 8.28. The number of carbonyl (C=O) groups is 1. The molecule has 2 aliphatic carbocycles. The molecule has 1 N–H and O–H groups in total. The minimum Gasteiger partial charge on any atom is -0.467 e. The highest BCUT2D eigenvalue weighted by Crippen LogP contribution is 2.48. The summed E-state index contributed by atoms with van der Waals surface area (Å²) in [6.07, 6.45) is 17.7. The Morgan fingerprint density at radius 3 is 2.62 bits per heavy atom. The number of carbonyl (C=O) groups excluding carboxylic acids is 1. The molecule has 4 rings (SSSR count). The van der Waals surface area contributed by atoms with Crippen molar-refractivity contribution in [3.63, 3.8) is 0 Å². The molecule has 7 heteroatoms. The molecule has 2 aliphatic heterocycles. The van der Waals surface area contributed by atoms with E-state index in [1.165, 1.54) is 26.4 Å². The molecule has 2 saturated carbocycles. The SMILES string of the molecule is CC=C[C@@H]1[C@H]2CC(C(I)CCC(O)(C(=O)OC)C3CCC(CCC)CC3)O[C@@H]2C[C@H]1OC1CCCCO1. The minimum atomic E-state index is -1.39. The van der Waals surface area contributed by atoms with Gasteiger partial charge < -0.3 is 24.1 Å². The van der Waals surface area contributed by atoms with Crippen LogP contribution in [0.1, 0.15) is 97.3 Å². The summed E-state index contributed by atoms with van der Waals surface area (Å²) in [7, 11) is 1.40. The Morgan fingerprint density at radius 2 is 1.97 bits per heavy atom. The first-order chi connectivity index (χ1) is 17.9. The van der Waals surface area contributed by atoms with E-state index < -0.39 is 11.6 Å². The van der Waals surface area contributed by atoms with Crippen molar-refractivity contribution < 1.29 is 28.8 Å². The maximum absolute atomic E-state index is 12.8. The van der Waals surface area contributed by atoms with Crippen LogP contribution in [0.15, 0.2) is 12.2 Å². The summed E-state index contributed by atoms with van der Waals surface area (Å²) < 4.78 is 24.3. The molecule has 212 valence electrons. The van der Waals surface area contributed by atoms with E-state index in [-0.39, 0.29) is 34.4 Å². The van der Waals surface area contributed by atoms with Gasteiger partial charge in [0.1, 0.15) is 0 Å². The zero-order valence-corrected chi connectivity index (χ0v) is 25.3. The second-order valence-electron chi connectivity index (χ2n) is 11.9. The Bertz CT molecular complexity index is 746. The van der Waals surface area contributed by atoms with Gasteiger partial charge >= 0.3 is 5.97 Å². The highest BCUT2D eigenvalue weighted by atomic mass is 127. The van der Waals surface area contributed by atoms with Crippen molar-refractivity contribution >= 4 is 28.6 Å². The monoisotopic (exact) mass is 632 g/mol. The third-order valence-electron chi connectivity index (χ3n) is 9.56. The number of alkyl halides is 1. The van der Waals surface area contributed by atoms with E-state index in [1.807, 2.05) is 0 Å². The fraction of sp³-hybridized carbons (Fsp3) is 0.900. The molecule has 4 unspecified atom stereocenters. The van der Waals surface area contributed by atoms with E-state index in [9.17, 15) is 9.90 Å². The number of fused-ring (bicyclic) bond motifs is 1. The lowest BCUT2D eigenvalue weighted by Gasteiger charge is -2.39. The largest absolute Gasteiger partial charge is 0.467 e. The van der Waals surface area contributed by atoms with Crippen LogP contribution >= 0.6 is 22.6 Å². The number of ether oxygens (including phenoxy) is 4. The number of aliphatic hydroxyl groups is 1. The predicted molar refractivity (Wildman–Crippen MR) is 153 cm³/mol. The van der Waals surface area contributed by atoms with E-state index in [1.54, 1.807) is 0 Å². The van der Waals surface area contributed by atoms with Crippen LogP contribution in [-0.4, -0.2) is 58.9 Å². The highest BCUT2D eigenvalue weighted by Gasteiger charge is 2.52. The molecule has 0 amide bonds. The summed E-state index contributed by atoms with van der Waals surface area (Å²) in [6, 6.07) is 0. The molecule has 4 aliphatic rings. The molecule has 6 nitrogen and oxygen atoms in total. The molecular formula is C30H49IO6. The second kappa shape index (κ2) is 13.9. The molecule has 0 bridgehead atoms. The average Bonchev–Trinajstić information content (AvgIpc) is 3.47. The molecule has 37 heavy (non-hydrogen) atoms. The summed E-state index contributed by atoms with van der Waals surface area (Å²) in [6.45, 7) is 5.11. The number of halogens is 1. The first-order valence-corrected chi connectivity index (χ1v) is 16.1. The first kappa shape index (κ1) is 29.8. The molecule has 0 radical (unpaired) electrons. The zero-order valence-electron chi connectivity index (χ0n) is 23.1. The van der Waals surface area contributed by atoms with Crippen molar-refractivity contribution in [2.75, 3.05) is 13.7 Å². The van der Waals surface area contributed by atoms with Gasteiger partial charge in [-0.1, -0.05) is 67.3 Å². The van der Waals surface area contributed by atoms with Crippen molar-refractivity contribution in [2.24, 2.45) is 23.7 Å². The van der Waals surface area contributed by atoms with Gasteiger partial charge in [0.2, 0.25) is 0 Å². The summed E-state index contributed by atoms with van der Waals surface area (Å²) in [5, 5.41) is 11.6. The fourth-order valence-electron chi connectivity index (χ4n) is 7.51. The Labute approximate surface area is 237 Å². The smallest absolute Gasteiger partial charge is 0.338 e. The van der Waals surface area contributed by atoms with Crippen molar-refractivity contribution in [2.45, 2.75) is 131 Å². The van der Waals surface area contributed by atoms with Gasteiger partial charge in [-0.3, -0.25) is 0 Å². The minimum absolute atomic E-state index is 0.0143. The van der Waals surface area contributed by atoms with Crippen LogP contribution in [0.2, 0.25) is 0 Å². The number of methoxy groups -OCH3 is 1. The van der Waals surface area contributed by atoms with Crippen LogP contribution in [-0.2, 0) is 23.7 Å². The molecule has 8 atom stereocenters. The maximum Gasteiger partial charge on any atom is 0.338 e. The number of hydrogen-bond acceptors (Lipinski definition) is 6. The maximum atomic E-state index is 12.8. The Morgan fingerprint density at radius 1 is 1.19 bits per heavy atom. The van der Waals surface area contributed by atoms with Crippen molar-refractivity contribution in [3.05, 3.63) is 12.2 Å². The molecule has 0 aromatic carbocycles. The molecule has 2 heterocycles. The summed E-state index contributed by atoms with van der Waals surface area (Å²) in [5.41, 5.74) is -1.39. The van der Waals surface area contributed by atoms with Crippen LogP contribution in [0.4, 0.5) is 0 Å². The van der Waals surface area contributed by atoms with E-state index in [0.717, 1.165) is 70.3 Å². The Kier molecular flexibility index (Phi) is 11.2. The quantitative estimate of drug-likeness (QED) is 0.124. The summed E-state index contributed by atoms with van der Waals surface area (Å²) in [5.74, 6) is 1.05. The standard InChI is InChI=1S/C30H49IO6/c1-4-8-20-11-13-21(14-12-20)30(33,29(32)34-3)16-15-24(31)27-18-23-22(9-5-2)25(19-26(23)36-27)37-28-10-6-7-17-35-28/h5,9,20-28,33H,4,6-8,10-19H2,1-3H3/t20?,21?,22-,23-,24?,25-,26-,27?,28?,30?/m1/s1. The number of hydrogen-bond donors (Lipinski definition) is 1. The number of rotatable bonds is 11. The van der Waals surface area contributed by atoms with E-state index in [4.69, 9.17) is 18.9 Å². The van der Waals surface area contributed by atoms with Gasteiger partial charge in [-0.2, -0.15) is 0 Å². The van der Waals surface area contributed by atoms with Gasteiger partial charge in [0, 0.05) is 22.9 Å². The lowest BCUT2D eigenvalue weighted by molar-refractivity contribution is -0.194. The molecule has 0 aromatic rings. The Balaban J connectivity index is 1.32. The zero-order chi connectivity index (χ0) is 26.4. The second-order valence-corrected chi connectivity index (χ2v) is 13.5. The van der Waals surface area contributed by atoms with Crippen molar-refractivity contribution in [1.82, 2.24) is 0 Å². The number of allylic oxidation sites excluding steroid dienone is 1. The van der Waals surface area contributed by atoms with Gasteiger partial charge in [0.05, 0.1) is 25.4 Å². The van der Waals surface area contributed by atoms with Crippen LogP contribution in [0, 0.1) is 23.7 Å². The Hall–Kier alpha value is -0.220. The normalized spacial score (nSPS) is 38.8. The van der Waals surface area contributed by atoms with Crippen molar-refractivity contribution in [3.8, 4) is 0 Å². The molecule has 0 spiro atoms. The van der Waals surface area contributed by atoms with E-state index in [2.05, 4.69) is 48.6 Å². The molecule has 4 fully saturated rings. The summed E-state index contributed by atoms with van der Waals surface area (Å²) in [4.78, 5) is 12.8. The summed E-state index contributed by atoms with van der Waals surface area (Å²) >= 11 is 2.49. The van der Waals surface area contributed by atoms with Crippen molar-refractivity contribution in [1.29, 1.82) is 0 Å². The average molecular weight is 633 g/mol. The lowest BCUT2D eigenvalue weighted by atomic mass is 9.70. The third kappa shape index (κ3) is 7.11. The topological polar surface area (TPSA) is 74.2 Å². The van der Waals surface area contributed by atoms with Crippen LogP contribution < -0.4 is 0 Å². The van der Waals surface area contributed by atoms with Gasteiger partial charge in [0.25, 0.3) is 0 Å². The van der Waals surface area contributed by atoms with Gasteiger partial charge in [-0.15, -0.1) is 0 Å². The van der Waals surface area contributed by atoms with E-state index in [0.29, 0.717) is 18.3 Å². The lowest BCUT2D eigenvalue weighted by Crippen LogP contribution is -2.48. The van der Waals surface area contributed by atoms with Gasteiger partial charge in [0.15, 0.2) is 11.9 Å². The van der Waals surface area contributed by atoms with Crippen LogP contribution in [0.5, 0.6) is 0 Å².